The van der Waals surface area contributed by atoms with Crippen LogP contribution in [-0.2, 0) is 0 Å². The quantitative estimate of drug-likeness (QED) is 0.453. The van der Waals surface area contributed by atoms with Crippen molar-refractivity contribution in [2.45, 2.75) is 25.7 Å². The molecule has 10 heavy (non-hydrogen) atoms. The normalized spacial score (nSPS) is 21.0. The van der Waals surface area contributed by atoms with E-state index in [9.17, 15) is 0 Å². The van der Waals surface area contributed by atoms with Gasteiger partial charge in [-0.25, -0.2) is 0 Å². The van der Waals surface area contributed by atoms with Gasteiger partial charge < -0.3 is 15.6 Å². The van der Waals surface area contributed by atoms with Crippen LogP contribution in [0, 0.1) is 0 Å². The van der Waals surface area contributed by atoms with Crippen LogP contribution >= 0.6 is 0 Å². The van der Waals surface area contributed by atoms with Crippen molar-refractivity contribution in [3.05, 3.63) is 0 Å². The second-order valence-electron chi connectivity index (χ2n) is 2.87. The van der Waals surface area contributed by atoms with E-state index in [-0.39, 0.29) is 7.05 Å². The highest BCUT2D eigenvalue weighted by molar-refractivity contribution is 6.45. The molecule has 0 aromatic rings. The molecule has 1 aliphatic heterocycles. The summed E-state index contributed by atoms with van der Waals surface area (Å²) in [5.74, 6) is 0. The zero-order chi connectivity index (χ0) is 7.40. The van der Waals surface area contributed by atoms with E-state index in [0.717, 1.165) is 25.9 Å². The van der Waals surface area contributed by atoms with Crippen molar-refractivity contribution < 1.29 is 5.02 Å². The van der Waals surface area contributed by atoms with E-state index in [1.165, 1.54) is 0 Å². The summed E-state index contributed by atoms with van der Waals surface area (Å²) in [5, 5.41) is 15.3. The van der Waals surface area contributed by atoms with Crippen molar-refractivity contribution in [2.24, 2.45) is 0 Å². The van der Waals surface area contributed by atoms with E-state index >= 15 is 0 Å². The van der Waals surface area contributed by atoms with Crippen LogP contribution in [0.5, 0.6) is 0 Å². The zero-order valence-electron chi connectivity index (χ0n) is 6.43. The fraction of sp³-hybridized carbons (Fsp3) is 1.00. The topological polar surface area (TPSA) is 44.3 Å². The number of hydrogen-bond acceptors (Lipinski definition) is 3. The summed E-state index contributed by atoms with van der Waals surface area (Å²) in [4.78, 5) is 0. The van der Waals surface area contributed by atoms with Gasteiger partial charge in [0.1, 0.15) is 0 Å². The Kier molecular flexibility index (Phi) is 3.18. The number of rotatable bonds is 2. The lowest BCUT2D eigenvalue weighted by Crippen LogP contribution is -2.45. The number of hydrogen-bond donors (Lipinski definition) is 3. The molecule has 0 aliphatic carbocycles. The van der Waals surface area contributed by atoms with Crippen LogP contribution < -0.4 is 10.5 Å². The molecule has 58 valence electrons. The molecule has 1 heterocycles. The highest BCUT2D eigenvalue weighted by Crippen LogP contribution is 2.01. The van der Waals surface area contributed by atoms with Gasteiger partial charge in [0.05, 0.1) is 0 Å². The highest BCUT2D eigenvalue weighted by atomic mass is 16.2. The third-order valence-electron chi connectivity index (χ3n) is 1.82. The molecule has 0 atom stereocenters. The van der Waals surface area contributed by atoms with Crippen molar-refractivity contribution in [1.29, 1.82) is 0 Å². The highest BCUT2D eigenvalue weighted by Gasteiger charge is 2.15. The van der Waals surface area contributed by atoms with Gasteiger partial charge in [-0.2, -0.15) is 0 Å². The van der Waals surface area contributed by atoms with Gasteiger partial charge in [-0.05, 0) is 32.8 Å². The Morgan fingerprint density at radius 2 is 2.10 bits per heavy atom. The molecule has 3 nitrogen and oxygen atoms in total. The maximum absolute atomic E-state index is 8.97. The van der Waals surface area contributed by atoms with E-state index in [0.29, 0.717) is 6.04 Å². The Bertz CT molecular complexity index is 93.7. The van der Waals surface area contributed by atoms with Crippen LogP contribution in [0.15, 0.2) is 0 Å². The van der Waals surface area contributed by atoms with E-state index in [1.807, 2.05) is 0 Å². The van der Waals surface area contributed by atoms with Crippen molar-refractivity contribution in [1.82, 2.24) is 10.5 Å². The van der Waals surface area contributed by atoms with Gasteiger partial charge in [-0.15, -0.1) is 0 Å². The first-order valence-electron chi connectivity index (χ1n) is 3.94. The average Bonchev–Trinajstić information content (AvgIpc) is 1.88. The van der Waals surface area contributed by atoms with Crippen molar-refractivity contribution in [3.63, 3.8) is 0 Å². The van der Waals surface area contributed by atoms with Gasteiger partial charge in [0, 0.05) is 6.04 Å². The average molecular weight is 142 g/mol. The standard InChI is InChI=1S/C6H15BN2O/c1-7(10)9-6-2-4-8-5-3-6/h6,8-10H,2-5H2,1H3. The van der Waals surface area contributed by atoms with Crippen LogP contribution in [0.4, 0.5) is 0 Å². The predicted molar refractivity (Wildman–Crippen MR) is 42.9 cm³/mol. The van der Waals surface area contributed by atoms with Crippen LogP contribution in [0.25, 0.3) is 0 Å². The largest absolute Gasteiger partial charge is 0.437 e. The Morgan fingerprint density at radius 3 is 2.60 bits per heavy atom. The fourth-order valence-corrected chi connectivity index (χ4v) is 1.33. The summed E-state index contributed by atoms with van der Waals surface area (Å²) in [6.45, 7) is 3.91. The monoisotopic (exact) mass is 142 g/mol. The molecule has 1 aliphatic rings. The molecule has 3 N–H and O–H groups in total. The first kappa shape index (κ1) is 8.05. The van der Waals surface area contributed by atoms with Crippen molar-refractivity contribution >= 4 is 7.05 Å². The molecule has 0 radical (unpaired) electrons. The van der Waals surface area contributed by atoms with Crippen LogP contribution in [0.3, 0.4) is 0 Å². The lowest BCUT2D eigenvalue weighted by molar-refractivity contribution is 0.413. The zero-order valence-corrected chi connectivity index (χ0v) is 6.43. The third-order valence-corrected chi connectivity index (χ3v) is 1.82. The molecule has 0 bridgehead atoms. The van der Waals surface area contributed by atoms with Crippen molar-refractivity contribution in [2.75, 3.05) is 13.1 Å². The van der Waals surface area contributed by atoms with Crippen LogP contribution in [-0.4, -0.2) is 31.2 Å². The molecular weight excluding hydrogens is 127 g/mol. The summed E-state index contributed by atoms with van der Waals surface area (Å²) >= 11 is 0. The molecule has 4 heteroatoms. The third kappa shape index (κ3) is 2.69. The second-order valence-corrected chi connectivity index (χ2v) is 2.87. The van der Waals surface area contributed by atoms with Gasteiger partial charge in [0.15, 0.2) is 0 Å². The molecule has 0 aromatic heterocycles. The van der Waals surface area contributed by atoms with Gasteiger partial charge in [-0.1, -0.05) is 0 Å². The molecular formula is C6H15BN2O. The Labute approximate surface area is 62.3 Å². The SMILES string of the molecule is CB(O)NC1CCNCC1. The van der Waals surface area contributed by atoms with Gasteiger partial charge in [0.25, 0.3) is 0 Å². The molecule has 0 spiro atoms. The van der Waals surface area contributed by atoms with Gasteiger partial charge >= 0.3 is 7.05 Å². The summed E-state index contributed by atoms with van der Waals surface area (Å²) in [7, 11) is -0.358. The molecule has 0 amide bonds. The van der Waals surface area contributed by atoms with E-state index in [4.69, 9.17) is 5.02 Å². The number of piperidine rings is 1. The number of nitrogens with one attached hydrogen (secondary N) is 2. The summed E-state index contributed by atoms with van der Waals surface area (Å²) in [6.07, 6.45) is 2.26. The van der Waals surface area contributed by atoms with Crippen LogP contribution in [0.1, 0.15) is 12.8 Å². The van der Waals surface area contributed by atoms with Gasteiger partial charge in [-0.3, -0.25) is 0 Å². The first-order valence-corrected chi connectivity index (χ1v) is 3.94. The summed E-state index contributed by atoms with van der Waals surface area (Å²) < 4.78 is 0. The Balaban J connectivity index is 2.13. The maximum Gasteiger partial charge on any atom is 0.373 e. The van der Waals surface area contributed by atoms with E-state index in [1.54, 1.807) is 6.82 Å². The molecule has 1 saturated heterocycles. The minimum atomic E-state index is -0.358. The molecule has 0 aromatic carbocycles. The lowest BCUT2D eigenvalue weighted by atomic mass is 9.85. The van der Waals surface area contributed by atoms with Crippen molar-refractivity contribution in [3.8, 4) is 0 Å². The van der Waals surface area contributed by atoms with Crippen LogP contribution in [0.2, 0.25) is 6.82 Å². The van der Waals surface area contributed by atoms with E-state index in [2.05, 4.69) is 10.5 Å². The molecule has 1 rings (SSSR count). The smallest absolute Gasteiger partial charge is 0.373 e. The fourth-order valence-electron chi connectivity index (χ4n) is 1.33. The minimum absolute atomic E-state index is 0.358. The van der Waals surface area contributed by atoms with Gasteiger partial charge in [0.2, 0.25) is 0 Å². The molecule has 0 unspecified atom stereocenters. The Morgan fingerprint density at radius 1 is 1.50 bits per heavy atom. The first-order chi connectivity index (χ1) is 4.79. The lowest BCUT2D eigenvalue weighted by Gasteiger charge is -2.24. The summed E-state index contributed by atoms with van der Waals surface area (Å²) in [5.41, 5.74) is 0. The van der Waals surface area contributed by atoms with E-state index < -0.39 is 0 Å². The minimum Gasteiger partial charge on any atom is -0.437 e. The molecule has 0 saturated carbocycles. The predicted octanol–water partition coefficient (Wildman–Crippen LogP) is -0.562. The maximum atomic E-state index is 8.97. The summed E-state index contributed by atoms with van der Waals surface area (Å²) in [6, 6.07) is 0.515. The Hall–Kier alpha value is -0.0551. The second kappa shape index (κ2) is 3.96. The molecule has 1 fully saturated rings.